The molecule has 0 heterocycles. The van der Waals surface area contributed by atoms with E-state index in [0.29, 0.717) is 0 Å². The summed E-state index contributed by atoms with van der Waals surface area (Å²) in [5.74, 6) is -3.50. The number of hydrogen-bond donors (Lipinski definition) is 3. The van der Waals surface area contributed by atoms with Gasteiger partial charge in [-0.1, -0.05) is 0 Å². The predicted molar refractivity (Wildman–Crippen MR) is 94.9 cm³/mol. The third kappa shape index (κ3) is 11.8. The maximum atomic E-state index is 10.2. The van der Waals surface area contributed by atoms with E-state index < -0.39 is 33.7 Å². The topological polar surface area (TPSA) is 129 Å². The molecule has 7 nitrogen and oxygen atoms in total. The summed E-state index contributed by atoms with van der Waals surface area (Å²) in [7, 11) is -4.84. The minimum absolute atomic E-state index is 0.842. The first-order chi connectivity index (χ1) is 11.6. The van der Waals surface area contributed by atoms with Crippen LogP contribution in [0.25, 0.3) is 0 Å². The van der Waals surface area contributed by atoms with Gasteiger partial charge in [0.2, 0.25) is 0 Å². The van der Waals surface area contributed by atoms with Gasteiger partial charge in [0.15, 0.2) is 5.25 Å². The molecule has 1 atom stereocenters. The fourth-order valence-electron chi connectivity index (χ4n) is 2.11. The van der Waals surface area contributed by atoms with Gasteiger partial charge in [0.05, 0.1) is 6.42 Å². The molecule has 25 heavy (non-hydrogen) atoms. The number of aryl methyl sites for hydroxylation is 1. The molecule has 0 aliphatic carbocycles. The second kappa shape index (κ2) is 13.0. The van der Waals surface area contributed by atoms with Gasteiger partial charge in [-0.15, -0.1) is 0 Å². The maximum absolute atomic E-state index is 10.2. The molecule has 1 unspecified atom stereocenters. The molecular formula is C16H23KO7S. The van der Waals surface area contributed by atoms with Crippen LogP contribution in [0.2, 0.25) is 0 Å². The standard InChI is InChI=1S/C12H17.C4H6O7S.K/c1-2-3-4-6-9-12-10-7-5-8-11-12;5-3(6)1-2(4(7)8)12(9,10)11;/h5,7-8,10H,2-4,6,9H2,1H3;2H,1H2,(H,5,6)(H,7,8)(H,9,10,11);. The molecule has 136 valence electrons. The van der Waals surface area contributed by atoms with E-state index in [4.69, 9.17) is 14.8 Å². The molecule has 0 aliphatic heterocycles. The summed E-state index contributed by atoms with van der Waals surface area (Å²) in [5.41, 5.74) is 1.61. The summed E-state index contributed by atoms with van der Waals surface area (Å²) in [4.78, 5) is 20.0. The molecule has 1 aromatic rings. The molecule has 0 saturated heterocycles. The number of carboxylic acid groups (broad SMARTS) is 2. The number of benzene rings is 1. The molecule has 0 aromatic heterocycles. The van der Waals surface area contributed by atoms with Crippen molar-refractivity contribution >= 4 is 70.7 Å². The van der Waals surface area contributed by atoms with Crippen molar-refractivity contribution in [3.05, 3.63) is 29.8 Å². The van der Waals surface area contributed by atoms with Crippen molar-refractivity contribution in [3.8, 4) is 0 Å². The molecule has 0 bridgehead atoms. The average molecular weight is 399 g/mol. The largest absolute Gasteiger partial charge is 0.481 e. The fraction of sp³-hybridized carbons (Fsp3) is 0.500. The Bertz CT molecular complexity index is 658. The zero-order valence-corrected chi connectivity index (χ0v) is 18.5. The van der Waals surface area contributed by atoms with Gasteiger partial charge in [0, 0.05) is 0 Å². The minimum atomic E-state index is -4.84. The van der Waals surface area contributed by atoms with E-state index in [1.54, 1.807) is 5.22 Å². The van der Waals surface area contributed by atoms with Gasteiger partial charge >= 0.3 is 129 Å². The smallest absolute Gasteiger partial charge is 0.325 e. The number of unbranched alkanes of at least 4 members (excludes halogenated alkanes) is 3. The minimum Gasteiger partial charge on any atom is -0.481 e. The number of hydrogen-bond acceptors (Lipinski definition) is 4. The first kappa shape index (κ1) is 24.7. The molecule has 1 rings (SSSR count). The van der Waals surface area contributed by atoms with Crippen molar-refractivity contribution in [2.45, 2.75) is 50.7 Å². The molecule has 0 spiro atoms. The summed E-state index contributed by atoms with van der Waals surface area (Å²) < 4.78 is 30.3. The molecular weight excluding hydrogens is 375 g/mol. The van der Waals surface area contributed by atoms with Gasteiger partial charge in [0.1, 0.15) is 0 Å². The van der Waals surface area contributed by atoms with Crippen LogP contribution in [0.3, 0.4) is 0 Å². The van der Waals surface area contributed by atoms with Crippen molar-refractivity contribution < 1.29 is 32.8 Å². The van der Waals surface area contributed by atoms with Crippen LogP contribution in [-0.2, 0) is 26.1 Å². The van der Waals surface area contributed by atoms with E-state index in [2.05, 4.69) is 31.2 Å². The van der Waals surface area contributed by atoms with Gasteiger partial charge in [-0.2, -0.15) is 8.42 Å². The van der Waals surface area contributed by atoms with Crippen molar-refractivity contribution in [3.63, 3.8) is 0 Å². The predicted octanol–water partition coefficient (Wildman–Crippen LogP) is 1.41. The van der Waals surface area contributed by atoms with E-state index >= 15 is 0 Å². The van der Waals surface area contributed by atoms with Crippen LogP contribution in [-0.4, -0.2) is 89.3 Å². The summed E-state index contributed by atoms with van der Waals surface area (Å²) >= 11 is 0.842. The van der Waals surface area contributed by atoms with Crippen LogP contribution in [0.1, 0.15) is 44.6 Å². The Balaban J connectivity index is 0.000000463. The van der Waals surface area contributed by atoms with Crippen molar-refractivity contribution in [2.75, 3.05) is 0 Å². The summed E-state index contributed by atoms with van der Waals surface area (Å²) in [6, 6.07) is 8.92. The Labute approximate surface area is 182 Å². The van der Waals surface area contributed by atoms with Gasteiger partial charge in [-0.25, -0.2) is 0 Å². The number of carboxylic acids is 2. The molecule has 0 saturated carbocycles. The van der Waals surface area contributed by atoms with Crippen LogP contribution in [0.5, 0.6) is 0 Å². The zero-order valence-electron chi connectivity index (χ0n) is 14.5. The Hall–Kier alpha value is -0.294. The van der Waals surface area contributed by atoms with Crippen LogP contribution in [0.15, 0.2) is 24.3 Å². The third-order valence-electron chi connectivity index (χ3n) is 3.56. The quantitative estimate of drug-likeness (QED) is 0.326. The maximum Gasteiger partial charge on any atom is 0.325 e. The molecule has 0 radical (unpaired) electrons. The summed E-state index contributed by atoms with van der Waals surface area (Å²) in [6.07, 6.45) is 5.66. The molecule has 0 amide bonds. The molecule has 9 heteroatoms. The zero-order chi connectivity index (χ0) is 19.5. The average Bonchev–Trinajstić information content (AvgIpc) is 2.50. The Morgan fingerprint density at radius 1 is 1.12 bits per heavy atom. The van der Waals surface area contributed by atoms with Crippen molar-refractivity contribution in [2.24, 2.45) is 0 Å². The molecule has 0 aliphatic rings. The van der Waals surface area contributed by atoms with Gasteiger partial charge in [-0.3, -0.25) is 14.1 Å². The number of rotatable bonds is 9. The second-order valence-electron chi connectivity index (χ2n) is 5.68. The van der Waals surface area contributed by atoms with Crippen LogP contribution in [0.4, 0.5) is 0 Å². The van der Waals surface area contributed by atoms with Gasteiger partial charge < -0.3 is 10.2 Å². The summed E-state index contributed by atoms with van der Waals surface area (Å²) in [6.45, 7) is 2.27. The van der Waals surface area contributed by atoms with E-state index in [9.17, 15) is 18.0 Å². The first-order valence-corrected chi connectivity index (χ1v) is 11.1. The fourth-order valence-corrected chi connectivity index (χ4v) is 3.67. The van der Waals surface area contributed by atoms with E-state index in [0.717, 1.165) is 49.0 Å². The van der Waals surface area contributed by atoms with Crippen molar-refractivity contribution in [1.82, 2.24) is 0 Å². The Morgan fingerprint density at radius 3 is 2.12 bits per heavy atom. The molecule has 3 N–H and O–H groups in total. The van der Waals surface area contributed by atoms with E-state index in [1.807, 2.05) is 0 Å². The molecule has 1 aromatic carbocycles. The first-order valence-electron chi connectivity index (χ1n) is 8.05. The summed E-state index contributed by atoms with van der Waals surface area (Å²) in [5, 5.41) is 13.9. The van der Waals surface area contributed by atoms with Crippen LogP contribution >= 0.6 is 0 Å². The Kier molecular flexibility index (Phi) is 12.8. The van der Waals surface area contributed by atoms with E-state index in [-0.39, 0.29) is 0 Å². The van der Waals surface area contributed by atoms with Gasteiger partial charge in [0.25, 0.3) is 10.1 Å². The molecule has 0 fully saturated rings. The third-order valence-corrected chi connectivity index (χ3v) is 6.17. The number of carbonyl (C=O) groups is 2. The van der Waals surface area contributed by atoms with Crippen LogP contribution < -0.4 is -0.342 Å². The monoisotopic (exact) mass is 398 g/mol. The second-order valence-corrected chi connectivity index (χ2v) is 8.96. The van der Waals surface area contributed by atoms with Crippen molar-refractivity contribution in [1.29, 1.82) is 0 Å². The van der Waals surface area contributed by atoms with Crippen LogP contribution in [0, 0.1) is 0 Å². The normalized spacial score (nSPS) is 12.0. The van der Waals surface area contributed by atoms with Gasteiger partial charge in [-0.05, 0) is 0 Å². The van der Waals surface area contributed by atoms with E-state index in [1.165, 1.54) is 32.1 Å². The number of aliphatic carboxylic acids is 2. The SMILES string of the molecule is CCCCCCc1cccc[c]1[K].O=C(O)CC(C(=O)O)S(=O)(=O)O. The Morgan fingerprint density at radius 2 is 1.72 bits per heavy atom.